The van der Waals surface area contributed by atoms with Gasteiger partial charge < -0.3 is 23.7 Å². The third kappa shape index (κ3) is 29.4. The number of esters is 2. The van der Waals surface area contributed by atoms with Crippen molar-refractivity contribution in [2.75, 3.05) is 19.8 Å². The molecule has 0 bridgehead atoms. The Morgan fingerprint density at radius 2 is 0.653 bits per heavy atom. The van der Waals surface area contributed by atoms with E-state index in [1.165, 1.54) is 193 Å². The molecule has 0 heterocycles. The third-order valence-electron chi connectivity index (χ3n) is 13.8. The highest BCUT2D eigenvalue weighted by atomic mass is 16.5. The molecule has 0 saturated carbocycles. The van der Waals surface area contributed by atoms with Crippen molar-refractivity contribution in [1.29, 1.82) is 0 Å². The fraction of sp³-hybridized carbons (Fsp3) is 0.662. The van der Waals surface area contributed by atoms with Gasteiger partial charge in [0.15, 0.2) is 11.5 Å². The number of hydrogen-bond donors (Lipinski definition) is 0. The summed E-state index contributed by atoms with van der Waals surface area (Å²) in [6, 6.07) is 18.3. The summed E-state index contributed by atoms with van der Waals surface area (Å²) in [5.41, 5.74) is 2.58. The van der Waals surface area contributed by atoms with Gasteiger partial charge in [-0.15, -0.1) is 0 Å². The first-order valence-electron chi connectivity index (χ1n) is 29.7. The molecule has 0 amide bonds. The smallest absolute Gasteiger partial charge is 0.343 e. The Morgan fingerprint density at radius 1 is 0.375 bits per heavy atom. The predicted molar refractivity (Wildman–Crippen MR) is 303 cm³/mol. The highest BCUT2D eigenvalue weighted by molar-refractivity contribution is 5.93. The molecular weight excluding hydrogens is 893 g/mol. The van der Waals surface area contributed by atoms with E-state index < -0.39 is 11.9 Å². The summed E-state index contributed by atoms with van der Waals surface area (Å²) in [7, 11) is 0. The van der Waals surface area contributed by atoms with Crippen LogP contribution in [0.4, 0.5) is 0 Å². The van der Waals surface area contributed by atoms with Crippen LogP contribution in [0.3, 0.4) is 0 Å². The first-order valence-corrected chi connectivity index (χ1v) is 29.7. The molecule has 0 fully saturated rings. The molecule has 0 aromatic heterocycles. The van der Waals surface area contributed by atoms with Crippen LogP contribution in [0.25, 0.3) is 11.1 Å². The van der Waals surface area contributed by atoms with Crippen molar-refractivity contribution in [3.63, 3.8) is 0 Å². The summed E-state index contributed by atoms with van der Waals surface area (Å²) in [6.07, 6.45) is 46.0. The summed E-state index contributed by atoms with van der Waals surface area (Å²) in [4.78, 5) is 26.0. The van der Waals surface area contributed by atoms with Crippen molar-refractivity contribution in [1.82, 2.24) is 0 Å². The molecule has 404 valence electrons. The van der Waals surface area contributed by atoms with Crippen molar-refractivity contribution < 1.29 is 33.3 Å². The van der Waals surface area contributed by atoms with Crippen LogP contribution >= 0.6 is 0 Å². The summed E-state index contributed by atoms with van der Waals surface area (Å²) in [5.74, 6) is 1.63. The summed E-state index contributed by atoms with van der Waals surface area (Å²) >= 11 is 0. The molecule has 3 aromatic carbocycles. The van der Waals surface area contributed by atoms with Crippen LogP contribution in [0.15, 0.2) is 72.8 Å². The number of ether oxygens (including phenoxy) is 5. The van der Waals surface area contributed by atoms with Gasteiger partial charge in [-0.1, -0.05) is 264 Å². The van der Waals surface area contributed by atoms with Crippen LogP contribution in [-0.4, -0.2) is 31.8 Å². The largest absolute Gasteiger partial charge is 0.490 e. The van der Waals surface area contributed by atoms with Crippen LogP contribution in [0, 0.1) is 0 Å². The molecule has 72 heavy (non-hydrogen) atoms. The number of unbranched alkanes of at least 4 members (excludes halogenated alkanes) is 33. The van der Waals surface area contributed by atoms with Gasteiger partial charge in [-0.05, 0) is 73.7 Å². The van der Waals surface area contributed by atoms with Gasteiger partial charge in [0, 0.05) is 5.57 Å². The standard InChI is InChI=1S/C65H102O7/c1-6-9-12-15-18-21-24-27-30-33-36-39-50-68-61-53-58(65(67)72-60-48-44-57(45-49-60)56-42-46-59(47-43-56)71-64(66)55(4)5)54-62(69-51-40-37-34-31-28-25-22-19-16-13-10-7-2)63(61)70-52-41-38-35-32-29-26-23-20-17-14-11-8-3/h42-49,53-54H,4,6-41,50-52H2,1-3,5H3. The topological polar surface area (TPSA) is 80.3 Å². The Kier molecular flexibility index (Phi) is 36.3. The van der Waals surface area contributed by atoms with Gasteiger partial charge in [-0.3, -0.25) is 0 Å². The zero-order valence-corrected chi connectivity index (χ0v) is 46.4. The fourth-order valence-corrected chi connectivity index (χ4v) is 9.21. The van der Waals surface area contributed by atoms with Gasteiger partial charge in [0.05, 0.1) is 25.4 Å². The summed E-state index contributed by atoms with van der Waals surface area (Å²) in [5, 5.41) is 0. The predicted octanol–water partition coefficient (Wildman–Crippen LogP) is 20.3. The maximum absolute atomic E-state index is 14.0. The third-order valence-corrected chi connectivity index (χ3v) is 13.8. The average Bonchev–Trinajstić information content (AvgIpc) is 3.38. The first-order chi connectivity index (χ1) is 35.4. The van der Waals surface area contributed by atoms with Gasteiger partial charge >= 0.3 is 11.9 Å². The fourth-order valence-electron chi connectivity index (χ4n) is 9.21. The van der Waals surface area contributed by atoms with Crippen molar-refractivity contribution in [2.24, 2.45) is 0 Å². The number of hydrogen-bond acceptors (Lipinski definition) is 7. The Bertz CT molecular complexity index is 1760. The molecular formula is C65H102O7. The summed E-state index contributed by atoms with van der Waals surface area (Å²) in [6.45, 7) is 13.8. The Labute approximate surface area is 440 Å². The second-order valence-electron chi connectivity index (χ2n) is 20.6. The molecule has 0 saturated heterocycles. The van der Waals surface area contributed by atoms with E-state index >= 15 is 0 Å². The molecule has 7 nitrogen and oxygen atoms in total. The van der Waals surface area contributed by atoms with Crippen LogP contribution in [0.2, 0.25) is 0 Å². The average molecular weight is 996 g/mol. The second-order valence-corrected chi connectivity index (χ2v) is 20.6. The van der Waals surface area contributed by atoms with Gasteiger partial charge in [-0.25, -0.2) is 9.59 Å². The second kappa shape index (κ2) is 42.1. The first kappa shape index (κ1) is 62.0. The highest BCUT2D eigenvalue weighted by Crippen LogP contribution is 2.40. The highest BCUT2D eigenvalue weighted by Gasteiger charge is 2.21. The summed E-state index contributed by atoms with van der Waals surface area (Å²) < 4.78 is 31.1. The van der Waals surface area contributed by atoms with Crippen LogP contribution < -0.4 is 23.7 Å². The zero-order chi connectivity index (χ0) is 51.5. The SMILES string of the molecule is C=C(C)C(=O)Oc1ccc(-c2ccc(OC(=O)c3cc(OCCCCCCCCCCCCCC)c(OCCCCCCCCCCCCCC)c(OCCCCCCCCCCCCCC)c3)cc2)cc1. The molecule has 0 aliphatic rings. The van der Waals surface area contributed by atoms with E-state index in [4.69, 9.17) is 23.7 Å². The molecule has 0 aliphatic carbocycles. The molecule has 3 aromatic rings. The molecule has 0 radical (unpaired) electrons. The van der Waals surface area contributed by atoms with E-state index in [0.29, 0.717) is 59.7 Å². The maximum Gasteiger partial charge on any atom is 0.343 e. The van der Waals surface area contributed by atoms with E-state index in [2.05, 4.69) is 27.4 Å². The lowest BCUT2D eigenvalue weighted by molar-refractivity contribution is -0.130. The minimum absolute atomic E-state index is 0.343. The molecule has 0 unspecified atom stereocenters. The number of carbonyl (C=O) groups excluding carboxylic acids is 2. The monoisotopic (exact) mass is 995 g/mol. The Balaban J connectivity index is 1.68. The number of benzene rings is 3. The van der Waals surface area contributed by atoms with E-state index in [9.17, 15) is 9.59 Å². The molecule has 0 aliphatic heterocycles. The number of carbonyl (C=O) groups is 2. The Morgan fingerprint density at radius 3 is 0.958 bits per heavy atom. The maximum atomic E-state index is 14.0. The van der Waals surface area contributed by atoms with Crippen molar-refractivity contribution in [3.8, 4) is 39.9 Å². The van der Waals surface area contributed by atoms with E-state index in [-0.39, 0.29) is 0 Å². The number of rotatable bonds is 47. The lowest BCUT2D eigenvalue weighted by atomic mass is 10.1. The van der Waals surface area contributed by atoms with Crippen LogP contribution in [0.1, 0.15) is 269 Å². The van der Waals surface area contributed by atoms with E-state index in [1.54, 1.807) is 43.3 Å². The molecule has 7 heteroatoms. The van der Waals surface area contributed by atoms with Gasteiger partial charge in [0.1, 0.15) is 11.5 Å². The molecule has 0 spiro atoms. The normalized spacial score (nSPS) is 11.2. The minimum Gasteiger partial charge on any atom is -0.490 e. The molecule has 0 N–H and O–H groups in total. The van der Waals surface area contributed by atoms with Crippen molar-refractivity contribution >= 4 is 11.9 Å². The van der Waals surface area contributed by atoms with Gasteiger partial charge in [0.25, 0.3) is 0 Å². The molecule has 3 rings (SSSR count). The van der Waals surface area contributed by atoms with Gasteiger partial charge in [0.2, 0.25) is 5.75 Å². The lowest BCUT2D eigenvalue weighted by Gasteiger charge is -2.19. The van der Waals surface area contributed by atoms with E-state index in [0.717, 1.165) is 49.7 Å². The Hall–Kier alpha value is -4.26. The van der Waals surface area contributed by atoms with Crippen molar-refractivity contribution in [3.05, 3.63) is 78.4 Å². The van der Waals surface area contributed by atoms with E-state index in [1.807, 2.05) is 24.3 Å². The quantitative estimate of drug-likeness (QED) is 0.0241. The zero-order valence-electron chi connectivity index (χ0n) is 46.4. The van der Waals surface area contributed by atoms with Crippen LogP contribution in [-0.2, 0) is 4.79 Å². The van der Waals surface area contributed by atoms with Gasteiger partial charge in [-0.2, -0.15) is 0 Å². The lowest BCUT2D eigenvalue weighted by Crippen LogP contribution is -2.12. The molecule has 0 atom stereocenters. The van der Waals surface area contributed by atoms with Crippen LogP contribution in [0.5, 0.6) is 28.7 Å². The van der Waals surface area contributed by atoms with Crippen molar-refractivity contribution in [2.45, 2.75) is 259 Å². The minimum atomic E-state index is -0.482.